The van der Waals surface area contributed by atoms with E-state index in [2.05, 4.69) is 26.2 Å². The van der Waals surface area contributed by atoms with E-state index in [0.29, 0.717) is 17.3 Å². The third-order valence-electron chi connectivity index (χ3n) is 2.23. The lowest BCUT2D eigenvalue weighted by atomic mass is 10.1. The van der Waals surface area contributed by atoms with Crippen molar-refractivity contribution in [1.29, 1.82) is 0 Å². The van der Waals surface area contributed by atoms with Crippen molar-refractivity contribution in [3.05, 3.63) is 27.5 Å². The number of hydrogen-bond donors (Lipinski definition) is 2. The summed E-state index contributed by atoms with van der Waals surface area (Å²) in [5.74, 6) is -1.61. The van der Waals surface area contributed by atoms with Crippen molar-refractivity contribution in [2.75, 3.05) is 0 Å². The number of amides is 1. The monoisotopic (exact) mass is 334 g/mol. The van der Waals surface area contributed by atoms with E-state index in [9.17, 15) is 9.59 Å². The molecule has 0 radical (unpaired) electrons. The van der Waals surface area contributed by atoms with E-state index in [1.165, 1.54) is 12.3 Å². The van der Waals surface area contributed by atoms with Crippen molar-refractivity contribution < 1.29 is 14.7 Å². The number of carbonyl (C=O) groups excluding carboxylic acids is 1. The normalized spacial score (nSPS) is 11.9. The summed E-state index contributed by atoms with van der Waals surface area (Å²) >= 11 is 8.96. The van der Waals surface area contributed by atoms with Gasteiger partial charge in [0.1, 0.15) is 11.2 Å². The summed E-state index contributed by atoms with van der Waals surface area (Å²) in [4.78, 5) is 26.6. The van der Waals surface area contributed by atoms with Gasteiger partial charge < -0.3 is 10.4 Å². The van der Waals surface area contributed by atoms with E-state index in [1.54, 1.807) is 0 Å². The highest BCUT2D eigenvalue weighted by molar-refractivity contribution is 9.10. The predicted octanol–water partition coefficient (Wildman–Crippen LogP) is 2.48. The zero-order valence-corrected chi connectivity index (χ0v) is 12.0. The SMILES string of the molecule is CCCC(NC(=O)c1cc(Br)cnc1Cl)C(=O)O. The molecule has 98 valence electrons. The van der Waals surface area contributed by atoms with Gasteiger partial charge in [-0.15, -0.1) is 0 Å². The molecule has 1 amide bonds. The third-order valence-corrected chi connectivity index (χ3v) is 2.97. The molecule has 1 aromatic rings. The maximum Gasteiger partial charge on any atom is 0.326 e. The Labute approximate surface area is 118 Å². The number of hydrogen-bond acceptors (Lipinski definition) is 3. The smallest absolute Gasteiger partial charge is 0.326 e. The van der Waals surface area contributed by atoms with E-state index in [0.717, 1.165) is 0 Å². The summed E-state index contributed by atoms with van der Waals surface area (Å²) in [6.07, 6.45) is 2.47. The Kier molecular flexibility index (Phi) is 5.55. The van der Waals surface area contributed by atoms with E-state index in [-0.39, 0.29) is 10.7 Å². The lowest BCUT2D eigenvalue weighted by molar-refractivity contribution is -0.139. The number of aliphatic carboxylic acids is 1. The van der Waals surface area contributed by atoms with E-state index in [4.69, 9.17) is 16.7 Å². The highest BCUT2D eigenvalue weighted by atomic mass is 79.9. The Morgan fingerprint density at radius 3 is 2.83 bits per heavy atom. The Bertz CT molecular complexity index is 468. The van der Waals surface area contributed by atoms with Crippen molar-refractivity contribution in [2.45, 2.75) is 25.8 Å². The second kappa shape index (κ2) is 6.70. The molecular formula is C11H12BrClN2O3. The zero-order valence-electron chi connectivity index (χ0n) is 9.61. The molecule has 0 saturated heterocycles. The van der Waals surface area contributed by atoms with Gasteiger partial charge in [-0.05, 0) is 28.4 Å². The first-order valence-corrected chi connectivity index (χ1v) is 6.47. The molecule has 7 heteroatoms. The standard InChI is InChI=1S/C11H12BrClN2O3/c1-2-3-8(11(17)18)15-10(16)7-4-6(12)5-14-9(7)13/h4-5,8H,2-3H2,1H3,(H,15,16)(H,17,18). The molecule has 2 N–H and O–H groups in total. The molecular weight excluding hydrogens is 323 g/mol. The molecule has 0 spiro atoms. The van der Waals surface area contributed by atoms with E-state index in [1.807, 2.05) is 6.92 Å². The second-order valence-corrected chi connectivity index (χ2v) is 4.92. The average molecular weight is 336 g/mol. The number of rotatable bonds is 5. The van der Waals surface area contributed by atoms with Crippen molar-refractivity contribution in [1.82, 2.24) is 10.3 Å². The number of carboxylic acids is 1. The molecule has 18 heavy (non-hydrogen) atoms. The van der Waals surface area contributed by atoms with Crippen LogP contribution < -0.4 is 5.32 Å². The molecule has 0 aliphatic rings. The minimum atomic E-state index is -1.07. The van der Waals surface area contributed by atoms with Gasteiger partial charge in [0.25, 0.3) is 5.91 Å². The Morgan fingerprint density at radius 1 is 1.61 bits per heavy atom. The van der Waals surface area contributed by atoms with Gasteiger partial charge >= 0.3 is 5.97 Å². The lowest BCUT2D eigenvalue weighted by Gasteiger charge is -2.13. The fourth-order valence-electron chi connectivity index (χ4n) is 1.36. The summed E-state index contributed by atoms with van der Waals surface area (Å²) in [6.45, 7) is 1.84. The molecule has 0 aromatic carbocycles. The van der Waals surface area contributed by atoms with Gasteiger partial charge in [0, 0.05) is 10.7 Å². The Hall–Kier alpha value is -1.14. The number of aromatic nitrogens is 1. The van der Waals surface area contributed by atoms with Gasteiger partial charge in [-0.3, -0.25) is 4.79 Å². The van der Waals surface area contributed by atoms with Crippen LogP contribution in [0.15, 0.2) is 16.7 Å². The van der Waals surface area contributed by atoms with Crippen LogP contribution in [0.2, 0.25) is 5.15 Å². The number of halogens is 2. The first kappa shape index (κ1) is 14.9. The van der Waals surface area contributed by atoms with Crippen LogP contribution in [0.5, 0.6) is 0 Å². The maximum absolute atomic E-state index is 11.9. The van der Waals surface area contributed by atoms with Gasteiger partial charge in [-0.25, -0.2) is 9.78 Å². The minimum Gasteiger partial charge on any atom is -0.480 e. The van der Waals surface area contributed by atoms with Gasteiger partial charge in [0.2, 0.25) is 0 Å². The number of pyridine rings is 1. The Morgan fingerprint density at radius 2 is 2.28 bits per heavy atom. The molecule has 1 rings (SSSR count). The third kappa shape index (κ3) is 3.96. The highest BCUT2D eigenvalue weighted by Gasteiger charge is 2.21. The quantitative estimate of drug-likeness (QED) is 0.810. The molecule has 1 atom stereocenters. The zero-order chi connectivity index (χ0) is 13.7. The first-order chi connectivity index (χ1) is 8.45. The van der Waals surface area contributed by atoms with Crippen LogP contribution in [-0.4, -0.2) is 28.0 Å². The first-order valence-electron chi connectivity index (χ1n) is 5.30. The molecule has 0 bridgehead atoms. The number of nitrogens with zero attached hydrogens (tertiary/aromatic N) is 1. The van der Waals surface area contributed by atoms with Crippen LogP contribution >= 0.6 is 27.5 Å². The predicted molar refractivity (Wildman–Crippen MR) is 70.7 cm³/mol. The second-order valence-electron chi connectivity index (χ2n) is 3.64. The van der Waals surface area contributed by atoms with E-state index < -0.39 is 17.9 Å². The van der Waals surface area contributed by atoms with Crippen molar-refractivity contribution in [3.63, 3.8) is 0 Å². The largest absolute Gasteiger partial charge is 0.480 e. The van der Waals surface area contributed by atoms with Crippen molar-refractivity contribution in [2.24, 2.45) is 0 Å². The van der Waals surface area contributed by atoms with Crippen LogP contribution in [0, 0.1) is 0 Å². The Balaban J connectivity index is 2.86. The summed E-state index contributed by atoms with van der Waals surface area (Å²) < 4.78 is 0.597. The molecule has 1 aromatic heterocycles. The minimum absolute atomic E-state index is 0.0383. The molecule has 1 heterocycles. The average Bonchev–Trinajstić information content (AvgIpc) is 2.31. The van der Waals surface area contributed by atoms with E-state index >= 15 is 0 Å². The number of carbonyl (C=O) groups is 2. The number of carboxylic acid groups (broad SMARTS) is 1. The summed E-state index contributed by atoms with van der Waals surface area (Å²) in [5.41, 5.74) is 0.147. The summed E-state index contributed by atoms with van der Waals surface area (Å²) in [5, 5.41) is 11.4. The van der Waals surface area contributed by atoms with Crippen LogP contribution in [0.4, 0.5) is 0 Å². The maximum atomic E-state index is 11.9. The van der Waals surface area contributed by atoms with Crippen LogP contribution in [0.1, 0.15) is 30.1 Å². The van der Waals surface area contributed by atoms with Crippen LogP contribution in [-0.2, 0) is 4.79 Å². The molecule has 0 fully saturated rings. The summed E-state index contributed by atoms with van der Waals surface area (Å²) in [6, 6.07) is 0.577. The van der Waals surface area contributed by atoms with Gasteiger partial charge in [0.15, 0.2) is 0 Å². The fourth-order valence-corrected chi connectivity index (χ4v) is 1.88. The van der Waals surface area contributed by atoms with Gasteiger partial charge in [-0.1, -0.05) is 24.9 Å². The topological polar surface area (TPSA) is 79.3 Å². The lowest BCUT2D eigenvalue weighted by Crippen LogP contribution is -2.40. The van der Waals surface area contributed by atoms with Crippen molar-refractivity contribution in [3.8, 4) is 0 Å². The molecule has 0 saturated carbocycles. The molecule has 1 unspecified atom stereocenters. The van der Waals surface area contributed by atoms with Gasteiger partial charge in [-0.2, -0.15) is 0 Å². The summed E-state index contributed by atoms with van der Waals surface area (Å²) in [7, 11) is 0. The van der Waals surface area contributed by atoms with Gasteiger partial charge in [0.05, 0.1) is 5.56 Å². The van der Waals surface area contributed by atoms with Crippen molar-refractivity contribution >= 4 is 39.4 Å². The highest BCUT2D eigenvalue weighted by Crippen LogP contribution is 2.18. The molecule has 5 nitrogen and oxygen atoms in total. The number of nitrogens with one attached hydrogen (secondary N) is 1. The van der Waals surface area contributed by atoms with Crippen LogP contribution in [0.25, 0.3) is 0 Å². The van der Waals surface area contributed by atoms with Crippen LogP contribution in [0.3, 0.4) is 0 Å². The molecule has 0 aliphatic heterocycles. The molecule has 0 aliphatic carbocycles. The fraction of sp³-hybridized carbons (Fsp3) is 0.364.